The van der Waals surface area contributed by atoms with E-state index in [1.54, 1.807) is 6.08 Å². The molecule has 2 N–H and O–H groups in total. The molecule has 0 fully saturated rings. The molecule has 0 aromatic carbocycles. The van der Waals surface area contributed by atoms with Crippen molar-refractivity contribution < 1.29 is 14.9 Å². The van der Waals surface area contributed by atoms with Crippen molar-refractivity contribution in [2.45, 2.75) is 58.5 Å². The second-order valence-electron chi connectivity index (χ2n) is 5.55. The van der Waals surface area contributed by atoms with Gasteiger partial charge in [-0.1, -0.05) is 57.4 Å². The molecule has 120 valence electrons. The summed E-state index contributed by atoms with van der Waals surface area (Å²) < 4.78 is 4.97. The van der Waals surface area contributed by atoms with Crippen LogP contribution in [0, 0.1) is 17.8 Å². The van der Waals surface area contributed by atoms with E-state index < -0.39 is 6.10 Å². The molecule has 0 saturated heterocycles. The lowest BCUT2D eigenvalue weighted by molar-refractivity contribution is 0.0385. The predicted octanol–water partition coefficient (Wildman–Crippen LogP) is 3.43. The van der Waals surface area contributed by atoms with Gasteiger partial charge in [-0.25, -0.2) is 0 Å². The number of aliphatic hydroxyl groups is 2. The summed E-state index contributed by atoms with van der Waals surface area (Å²) in [7, 11) is 0. The van der Waals surface area contributed by atoms with Gasteiger partial charge in [-0.15, -0.1) is 0 Å². The van der Waals surface area contributed by atoms with Crippen LogP contribution < -0.4 is 0 Å². The maximum absolute atomic E-state index is 9.01. The van der Waals surface area contributed by atoms with Crippen LogP contribution in [0.25, 0.3) is 0 Å². The van der Waals surface area contributed by atoms with E-state index in [-0.39, 0.29) is 13.2 Å². The van der Waals surface area contributed by atoms with Crippen molar-refractivity contribution in [3.8, 4) is 11.8 Å². The predicted molar refractivity (Wildman–Crippen MR) is 87.6 cm³/mol. The van der Waals surface area contributed by atoms with Crippen molar-refractivity contribution in [3.05, 3.63) is 24.5 Å². The van der Waals surface area contributed by atoms with Gasteiger partial charge < -0.3 is 14.9 Å². The number of rotatable bonds is 11. The average Bonchev–Trinajstić information content (AvgIpc) is 2.46. The van der Waals surface area contributed by atoms with Gasteiger partial charge in [0.05, 0.1) is 12.9 Å². The molecule has 0 aromatic heterocycles. The number of unbranched alkanes of at least 4 members (excludes halogenated alkanes) is 4. The van der Waals surface area contributed by atoms with E-state index in [9.17, 15) is 0 Å². The number of ether oxygens (including phenoxy) is 1. The molecule has 0 aromatic rings. The summed E-state index contributed by atoms with van der Waals surface area (Å²) in [5.41, 5.74) is 0. The molecule has 21 heavy (non-hydrogen) atoms. The number of hydrogen-bond donors (Lipinski definition) is 2. The lowest BCUT2D eigenvalue weighted by Crippen LogP contribution is -2.17. The molecule has 0 aliphatic rings. The van der Waals surface area contributed by atoms with Gasteiger partial charge in [-0.05, 0) is 24.8 Å². The second-order valence-corrected chi connectivity index (χ2v) is 5.55. The zero-order valence-corrected chi connectivity index (χ0v) is 13.4. The Kier molecular flexibility index (Phi) is 14.3. The Morgan fingerprint density at radius 1 is 1.05 bits per heavy atom. The standard InChI is InChI=1S/C18H30O3/c1-17(2)13-11-9-7-5-3-4-6-8-10-12-14-21-16-18(20)15-19/h4,6,12,14,17-20H,3,5,7,9,11,13,15-16H2,1-2H3/b6-4-,14-12-. The van der Waals surface area contributed by atoms with Gasteiger partial charge >= 0.3 is 0 Å². The largest absolute Gasteiger partial charge is 0.498 e. The lowest BCUT2D eigenvalue weighted by Gasteiger charge is -2.04. The van der Waals surface area contributed by atoms with E-state index in [4.69, 9.17) is 14.9 Å². The van der Waals surface area contributed by atoms with E-state index in [0.717, 1.165) is 12.3 Å². The van der Waals surface area contributed by atoms with Crippen molar-refractivity contribution >= 4 is 0 Å². The molecule has 0 aliphatic heterocycles. The van der Waals surface area contributed by atoms with Crippen LogP contribution in [-0.4, -0.2) is 29.5 Å². The molecule has 0 heterocycles. The topological polar surface area (TPSA) is 49.7 Å². The van der Waals surface area contributed by atoms with Crippen LogP contribution in [0.4, 0.5) is 0 Å². The van der Waals surface area contributed by atoms with Crippen LogP contribution in [0.5, 0.6) is 0 Å². The molecule has 0 saturated carbocycles. The van der Waals surface area contributed by atoms with Crippen molar-refractivity contribution in [2.75, 3.05) is 13.2 Å². The number of aliphatic hydroxyl groups excluding tert-OH is 2. The first-order valence-corrected chi connectivity index (χ1v) is 7.88. The van der Waals surface area contributed by atoms with Crippen molar-refractivity contribution in [3.63, 3.8) is 0 Å². The van der Waals surface area contributed by atoms with Crippen LogP contribution in [0.3, 0.4) is 0 Å². The fourth-order valence-corrected chi connectivity index (χ4v) is 1.71. The minimum Gasteiger partial charge on any atom is -0.498 e. The van der Waals surface area contributed by atoms with Crippen molar-refractivity contribution in [1.29, 1.82) is 0 Å². The van der Waals surface area contributed by atoms with Gasteiger partial charge in [0.15, 0.2) is 0 Å². The van der Waals surface area contributed by atoms with Gasteiger partial charge in [0, 0.05) is 6.08 Å². The zero-order chi connectivity index (χ0) is 15.8. The molecule has 0 spiro atoms. The molecule has 3 heteroatoms. The summed E-state index contributed by atoms with van der Waals surface area (Å²) in [4.78, 5) is 0. The Morgan fingerprint density at radius 2 is 1.76 bits per heavy atom. The maximum Gasteiger partial charge on any atom is 0.115 e. The van der Waals surface area contributed by atoms with Gasteiger partial charge in [0.2, 0.25) is 0 Å². The molecule has 3 nitrogen and oxygen atoms in total. The van der Waals surface area contributed by atoms with Crippen LogP contribution in [0.15, 0.2) is 24.5 Å². The highest BCUT2D eigenvalue weighted by Gasteiger charge is 1.98. The van der Waals surface area contributed by atoms with E-state index in [1.807, 2.05) is 6.08 Å². The fourth-order valence-electron chi connectivity index (χ4n) is 1.71. The van der Waals surface area contributed by atoms with Gasteiger partial charge in [0.1, 0.15) is 12.7 Å². The third-order valence-corrected chi connectivity index (χ3v) is 2.93. The molecular formula is C18H30O3. The Balaban J connectivity index is 3.43. The van der Waals surface area contributed by atoms with Crippen LogP contribution >= 0.6 is 0 Å². The third kappa shape index (κ3) is 16.7. The van der Waals surface area contributed by atoms with E-state index in [1.165, 1.54) is 38.4 Å². The van der Waals surface area contributed by atoms with Crippen LogP contribution in [0.1, 0.15) is 52.4 Å². The lowest BCUT2D eigenvalue weighted by atomic mass is 10.0. The average molecular weight is 294 g/mol. The van der Waals surface area contributed by atoms with Crippen molar-refractivity contribution in [1.82, 2.24) is 0 Å². The highest BCUT2D eigenvalue weighted by molar-refractivity contribution is 5.22. The molecule has 0 radical (unpaired) electrons. The first-order valence-electron chi connectivity index (χ1n) is 7.88. The SMILES string of the molecule is CC(C)CCCCCC/C=C\C#C/C=C\OCC(O)CO. The molecule has 0 rings (SSSR count). The Hall–Kier alpha value is -1.24. The zero-order valence-electron chi connectivity index (χ0n) is 13.4. The smallest absolute Gasteiger partial charge is 0.115 e. The summed E-state index contributed by atoms with van der Waals surface area (Å²) >= 11 is 0. The summed E-state index contributed by atoms with van der Waals surface area (Å²) in [6.45, 7) is 4.34. The highest BCUT2D eigenvalue weighted by Crippen LogP contribution is 2.10. The van der Waals surface area contributed by atoms with Crippen molar-refractivity contribution in [2.24, 2.45) is 5.92 Å². The summed E-state index contributed by atoms with van der Waals surface area (Å²) in [5.74, 6) is 6.53. The second kappa shape index (κ2) is 15.2. The summed E-state index contributed by atoms with van der Waals surface area (Å²) in [5, 5.41) is 17.6. The molecule has 1 unspecified atom stereocenters. The molecule has 0 aliphatic carbocycles. The first kappa shape index (κ1) is 19.8. The highest BCUT2D eigenvalue weighted by atomic mass is 16.5. The monoisotopic (exact) mass is 294 g/mol. The minimum atomic E-state index is -0.831. The molecule has 1 atom stereocenters. The quantitative estimate of drug-likeness (QED) is 0.349. The Labute approximate surface area is 129 Å². The van der Waals surface area contributed by atoms with Gasteiger partial charge in [-0.2, -0.15) is 0 Å². The third-order valence-electron chi connectivity index (χ3n) is 2.93. The number of hydrogen-bond acceptors (Lipinski definition) is 3. The minimum absolute atomic E-state index is 0.0847. The van der Waals surface area contributed by atoms with Gasteiger partial charge in [-0.3, -0.25) is 0 Å². The van der Waals surface area contributed by atoms with E-state index in [2.05, 4.69) is 31.8 Å². The van der Waals surface area contributed by atoms with Crippen LogP contribution in [-0.2, 0) is 4.74 Å². The Bertz CT molecular complexity index is 334. The normalized spacial score (nSPS) is 12.8. The van der Waals surface area contributed by atoms with Gasteiger partial charge in [0.25, 0.3) is 0 Å². The van der Waals surface area contributed by atoms with Crippen LogP contribution in [0.2, 0.25) is 0 Å². The molecule has 0 amide bonds. The first-order chi connectivity index (χ1) is 10.2. The fraction of sp³-hybridized carbons (Fsp3) is 0.667. The summed E-state index contributed by atoms with van der Waals surface area (Å²) in [6.07, 6.45) is 13.8. The van der Waals surface area contributed by atoms with E-state index in [0.29, 0.717) is 0 Å². The maximum atomic E-state index is 9.01. The molecular weight excluding hydrogens is 264 g/mol. The Morgan fingerprint density at radius 3 is 2.48 bits per heavy atom. The number of allylic oxidation sites excluding steroid dienone is 3. The van der Waals surface area contributed by atoms with E-state index >= 15 is 0 Å². The summed E-state index contributed by atoms with van der Waals surface area (Å²) in [6, 6.07) is 0. The molecule has 0 bridgehead atoms.